The van der Waals surface area contributed by atoms with E-state index in [1.165, 1.54) is 0 Å². The number of nitrogens with zero attached hydrogens (tertiary/aromatic N) is 1. The number of ether oxygens (including phenoxy) is 2. The third-order valence-corrected chi connectivity index (χ3v) is 3.22. The SMILES string of the molecule is B[C@H]1CN(C(=O)OC(C)(C)C)[C@H]2[C@@H]1OC[C@@H]2O. The van der Waals surface area contributed by atoms with Gasteiger partial charge in [-0.05, 0) is 26.6 Å². The highest BCUT2D eigenvalue weighted by molar-refractivity contribution is 6.12. The van der Waals surface area contributed by atoms with Gasteiger partial charge in [-0.25, -0.2) is 4.79 Å². The highest BCUT2D eigenvalue weighted by Gasteiger charge is 2.51. The highest BCUT2D eigenvalue weighted by Crippen LogP contribution is 2.36. The summed E-state index contributed by atoms with van der Waals surface area (Å²) in [7, 11) is 2.03. The molecule has 0 spiro atoms. The Balaban J connectivity index is 2.08. The van der Waals surface area contributed by atoms with Crippen molar-refractivity contribution >= 4 is 13.9 Å². The molecule has 2 aliphatic rings. The first-order valence-corrected chi connectivity index (χ1v) is 6.09. The molecule has 5 nitrogen and oxygen atoms in total. The number of hydrogen-bond acceptors (Lipinski definition) is 4. The van der Waals surface area contributed by atoms with Crippen LogP contribution in [0.5, 0.6) is 0 Å². The summed E-state index contributed by atoms with van der Waals surface area (Å²) >= 11 is 0. The van der Waals surface area contributed by atoms with Gasteiger partial charge in [0.2, 0.25) is 0 Å². The molecular weight excluding hydrogens is 221 g/mol. The fourth-order valence-electron chi connectivity index (χ4n) is 2.56. The maximum Gasteiger partial charge on any atom is 0.410 e. The molecule has 4 atom stereocenters. The molecule has 0 aromatic heterocycles. The van der Waals surface area contributed by atoms with Crippen LogP contribution in [0.1, 0.15) is 20.8 Å². The topological polar surface area (TPSA) is 59.0 Å². The predicted molar refractivity (Wildman–Crippen MR) is 64.8 cm³/mol. The fraction of sp³-hybridized carbons (Fsp3) is 0.909. The van der Waals surface area contributed by atoms with Crippen LogP contribution < -0.4 is 0 Å². The summed E-state index contributed by atoms with van der Waals surface area (Å²) in [6.45, 7) is 6.40. The molecule has 2 aliphatic heterocycles. The molecule has 0 aromatic rings. The highest BCUT2D eigenvalue weighted by atomic mass is 16.6. The second-order valence-corrected chi connectivity index (χ2v) is 5.97. The number of aliphatic hydroxyl groups is 1. The molecule has 0 radical (unpaired) electrons. The van der Waals surface area contributed by atoms with Crippen molar-refractivity contribution in [1.82, 2.24) is 4.90 Å². The van der Waals surface area contributed by atoms with Crippen molar-refractivity contribution in [2.75, 3.05) is 13.2 Å². The molecule has 2 heterocycles. The minimum absolute atomic E-state index is 0.0579. The smallest absolute Gasteiger partial charge is 0.410 e. The molecule has 2 saturated heterocycles. The van der Waals surface area contributed by atoms with Gasteiger partial charge in [-0.1, -0.05) is 0 Å². The van der Waals surface area contributed by atoms with Crippen LogP contribution in [0, 0.1) is 0 Å². The van der Waals surface area contributed by atoms with Crippen molar-refractivity contribution in [3.8, 4) is 0 Å². The van der Waals surface area contributed by atoms with E-state index in [0.717, 1.165) is 0 Å². The quantitative estimate of drug-likeness (QED) is 0.596. The van der Waals surface area contributed by atoms with Crippen molar-refractivity contribution in [2.45, 2.75) is 50.4 Å². The number of carbonyl (C=O) groups is 1. The molecule has 0 bridgehead atoms. The van der Waals surface area contributed by atoms with E-state index in [1.54, 1.807) is 4.90 Å². The van der Waals surface area contributed by atoms with Crippen molar-refractivity contribution in [1.29, 1.82) is 0 Å². The second kappa shape index (κ2) is 4.17. The van der Waals surface area contributed by atoms with Crippen LogP contribution in [0.15, 0.2) is 0 Å². The maximum atomic E-state index is 12.0. The van der Waals surface area contributed by atoms with E-state index >= 15 is 0 Å². The van der Waals surface area contributed by atoms with Gasteiger partial charge in [-0.15, -0.1) is 0 Å². The number of aliphatic hydroxyl groups excluding tert-OH is 1. The van der Waals surface area contributed by atoms with E-state index < -0.39 is 11.7 Å². The largest absolute Gasteiger partial charge is 0.444 e. The van der Waals surface area contributed by atoms with Gasteiger partial charge in [-0.3, -0.25) is 0 Å². The number of hydrogen-bond donors (Lipinski definition) is 1. The van der Waals surface area contributed by atoms with Crippen LogP contribution in [0.3, 0.4) is 0 Å². The summed E-state index contributed by atoms with van der Waals surface area (Å²) in [4.78, 5) is 13.6. The van der Waals surface area contributed by atoms with E-state index in [-0.39, 0.29) is 24.1 Å². The maximum absolute atomic E-state index is 12.0. The third kappa shape index (κ3) is 2.42. The number of fused-ring (bicyclic) bond motifs is 1. The zero-order valence-corrected chi connectivity index (χ0v) is 10.8. The summed E-state index contributed by atoms with van der Waals surface area (Å²) in [6, 6.07) is -0.250. The Kier molecular flexibility index (Phi) is 3.12. The van der Waals surface area contributed by atoms with Crippen LogP contribution in [-0.2, 0) is 9.47 Å². The first-order valence-electron chi connectivity index (χ1n) is 6.09. The lowest BCUT2D eigenvalue weighted by atomic mass is 9.83. The van der Waals surface area contributed by atoms with E-state index in [2.05, 4.69) is 0 Å². The van der Waals surface area contributed by atoms with E-state index in [4.69, 9.17) is 9.47 Å². The van der Waals surface area contributed by atoms with Crippen LogP contribution in [0.2, 0.25) is 5.82 Å². The van der Waals surface area contributed by atoms with E-state index in [1.807, 2.05) is 28.6 Å². The van der Waals surface area contributed by atoms with E-state index in [0.29, 0.717) is 13.2 Å². The third-order valence-electron chi connectivity index (χ3n) is 3.22. The lowest BCUT2D eigenvalue weighted by Gasteiger charge is -2.28. The van der Waals surface area contributed by atoms with Crippen LogP contribution in [0.25, 0.3) is 0 Å². The van der Waals surface area contributed by atoms with Crippen LogP contribution >= 0.6 is 0 Å². The number of carbonyl (C=O) groups excluding carboxylic acids is 1. The molecular formula is C11H20BNO4. The fourth-order valence-corrected chi connectivity index (χ4v) is 2.56. The molecule has 96 valence electrons. The van der Waals surface area contributed by atoms with Crippen molar-refractivity contribution in [3.05, 3.63) is 0 Å². The molecule has 6 heteroatoms. The molecule has 0 unspecified atom stereocenters. The van der Waals surface area contributed by atoms with Gasteiger partial charge in [0.1, 0.15) is 19.6 Å². The molecule has 2 rings (SSSR count). The molecule has 2 fully saturated rings. The van der Waals surface area contributed by atoms with E-state index in [9.17, 15) is 9.90 Å². The van der Waals surface area contributed by atoms with Crippen molar-refractivity contribution < 1.29 is 19.4 Å². The number of likely N-dealkylation sites (tertiary alicyclic amines) is 1. The van der Waals surface area contributed by atoms with Crippen molar-refractivity contribution in [2.24, 2.45) is 0 Å². The van der Waals surface area contributed by atoms with Gasteiger partial charge in [-0.2, -0.15) is 0 Å². The number of rotatable bonds is 0. The van der Waals surface area contributed by atoms with Crippen LogP contribution in [0.4, 0.5) is 4.79 Å². The average Bonchev–Trinajstić information content (AvgIpc) is 2.67. The number of amides is 1. The summed E-state index contributed by atoms with van der Waals surface area (Å²) < 4.78 is 10.9. The van der Waals surface area contributed by atoms with Gasteiger partial charge < -0.3 is 19.5 Å². The molecule has 1 N–H and O–H groups in total. The Bertz CT molecular complexity index is 317. The summed E-state index contributed by atoms with van der Waals surface area (Å²) in [6.07, 6.45) is -1.02. The van der Waals surface area contributed by atoms with Crippen molar-refractivity contribution in [3.63, 3.8) is 0 Å². The Morgan fingerprint density at radius 1 is 1.53 bits per heavy atom. The minimum atomic E-state index is -0.600. The Morgan fingerprint density at radius 2 is 2.18 bits per heavy atom. The first kappa shape index (κ1) is 12.7. The molecule has 0 aliphatic carbocycles. The lowest BCUT2D eigenvalue weighted by Crippen LogP contribution is -2.46. The monoisotopic (exact) mass is 241 g/mol. The van der Waals surface area contributed by atoms with Gasteiger partial charge in [0.25, 0.3) is 0 Å². The average molecular weight is 241 g/mol. The Morgan fingerprint density at radius 3 is 2.76 bits per heavy atom. The lowest BCUT2D eigenvalue weighted by molar-refractivity contribution is 0.0105. The minimum Gasteiger partial charge on any atom is -0.444 e. The molecule has 0 aromatic carbocycles. The second-order valence-electron chi connectivity index (χ2n) is 5.97. The normalized spacial score (nSPS) is 37.1. The predicted octanol–water partition coefficient (Wildman–Crippen LogP) is -0.213. The van der Waals surface area contributed by atoms with Gasteiger partial charge >= 0.3 is 6.09 Å². The summed E-state index contributed by atoms with van der Waals surface area (Å²) in [5.41, 5.74) is -0.511. The standard InChI is InChI=1S/C11H20BNO4/c1-11(2,3)17-10(15)13-4-6(12)9-8(13)7(14)5-16-9/h6-9,14H,4-5,12H2,1-3H3/t6-,7-,8+,9+/m0/s1. The summed E-state index contributed by atoms with van der Waals surface area (Å²) in [5, 5.41) is 9.86. The zero-order chi connectivity index (χ0) is 12.8. The first-order chi connectivity index (χ1) is 7.79. The van der Waals surface area contributed by atoms with Crippen LogP contribution in [-0.4, -0.2) is 60.9 Å². The molecule has 1 amide bonds. The summed E-state index contributed by atoms with van der Waals surface area (Å²) in [5.74, 6) is 0.240. The van der Waals surface area contributed by atoms with Gasteiger partial charge in [0.15, 0.2) is 0 Å². The molecule has 17 heavy (non-hydrogen) atoms. The van der Waals surface area contributed by atoms with Gasteiger partial charge in [0, 0.05) is 6.54 Å². The Labute approximate surface area is 102 Å². The zero-order valence-electron chi connectivity index (χ0n) is 10.8. The van der Waals surface area contributed by atoms with Gasteiger partial charge in [0.05, 0.1) is 18.8 Å². The Hall–Kier alpha value is -0.745. The molecule has 0 saturated carbocycles.